The van der Waals surface area contributed by atoms with Gasteiger partial charge in [0.1, 0.15) is 5.75 Å². The molecule has 0 N–H and O–H groups in total. The summed E-state index contributed by atoms with van der Waals surface area (Å²) in [4.78, 5) is 4.07. The molecule has 1 aliphatic rings. The number of nitrogens with zero attached hydrogens (tertiary/aromatic N) is 2. The Bertz CT molecular complexity index is 582. The van der Waals surface area contributed by atoms with E-state index in [1.807, 2.05) is 43.7 Å². The molecule has 0 amide bonds. The van der Waals surface area contributed by atoms with Crippen molar-refractivity contribution in [2.75, 3.05) is 13.7 Å². The summed E-state index contributed by atoms with van der Waals surface area (Å²) < 4.78 is 19.5. The minimum absolute atomic E-state index is 0.107. The van der Waals surface area contributed by atoms with Gasteiger partial charge in [-0.3, -0.25) is 0 Å². The van der Waals surface area contributed by atoms with Crippen LogP contribution in [0.5, 0.6) is 5.75 Å². The molecular weight excluding hydrogens is 280 g/mol. The maximum Gasteiger partial charge on any atom is 0.195 e. The summed E-state index contributed by atoms with van der Waals surface area (Å²) in [6.07, 6.45) is 7.47. The molecule has 2 heterocycles. The normalized spacial score (nSPS) is 24.5. The van der Waals surface area contributed by atoms with Crippen LogP contribution >= 0.6 is 0 Å². The van der Waals surface area contributed by atoms with E-state index >= 15 is 0 Å². The smallest absolute Gasteiger partial charge is 0.195 e. The molecule has 3 rings (SSSR count). The lowest BCUT2D eigenvalue weighted by molar-refractivity contribution is -0.181. The van der Waals surface area contributed by atoms with Gasteiger partial charge >= 0.3 is 0 Å². The van der Waals surface area contributed by atoms with Crippen LogP contribution in [-0.4, -0.2) is 29.4 Å². The second kappa shape index (κ2) is 6.50. The molecule has 0 aliphatic carbocycles. The Labute approximate surface area is 130 Å². The van der Waals surface area contributed by atoms with Crippen molar-refractivity contribution in [3.8, 4) is 5.75 Å². The third-order valence-corrected chi connectivity index (χ3v) is 3.95. The molecule has 2 unspecified atom stereocenters. The standard InChI is InChI=1S/C17H22N2O3/c1-14-12-21-17(22-14,8-3-10-19-11-9-18-13-19)15-4-6-16(20-2)7-5-15/h4-7,9,11,13-14H,3,8,10,12H2,1-2H3. The van der Waals surface area contributed by atoms with Crippen molar-refractivity contribution < 1.29 is 14.2 Å². The molecule has 2 atom stereocenters. The Hall–Kier alpha value is -1.85. The highest BCUT2D eigenvalue weighted by atomic mass is 16.7. The summed E-state index contributed by atoms with van der Waals surface area (Å²) in [7, 11) is 1.67. The van der Waals surface area contributed by atoms with Crippen LogP contribution in [0, 0.1) is 0 Å². The van der Waals surface area contributed by atoms with Crippen molar-refractivity contribution in [1.82, 2.24) is 9.55 Å². The number of aromatic nitrogens is 2. The van der Waals surface area contributed by atoms with E-state index < -0.39 is 5.79 Å². The van der Waals surface area contributed by atoms with E-state index in [0.29, 0.717) is 6.61 Å². The maximum absolute atomic E-state index is 6.14. The predicted molar refractivity (Wildman–Crippen MR) is 82.6 cm³/mol. The highest BCUT2D eigenvalue weighted by molar-refractivity contribution is 5.30. The lowest BCUT2D eigenvalue weighted by Gasteiger charge is -2.28. The van der Waals surface area contributed by atoms with Crippen molar-refractivity contribution in [3.63, 3.8) is 0 Å². The van der Waals surface area contributed by atoms with E-state index in [4.69, 9.17) is 14.2 Å². The van der Waals surface area contributed by atoms with E-state index in [-0.39, 0.29) is 6.10 Å². The van der Waals surface area contributed by atoms with Crippen LogP contribution in [0.2, 0.25) is 0 Å². The first-order valence-electron chi connectivity index (χ1n) is 7.64. The molecule has 0 spiro atoms. The largest absolute Gasteiger partial charge is 0.497 e. The fourth-order valence-corrected chi connectivity index (χ4v) is 2.83. The summed E-state index contributed by atoms with van der Waals surface area (Å²) in [5, 5.41) is 0. The number of hydrogen-bond donors (Lipinski definition) is 0. The first kappa shape index (κ1) is 15.1. The Morgan fingerprint density at radius 2 is 2.18 bits per heavy atom. The first-order valence-corrected chi connectivity index (χ1v) is 7.64. The van der Waals surface area contributed by atoms with Gasteiger partial charge in [0.2, 0.25) is 0 Å². The number of rotatable bonds is 6. The summed E-state index contributed by atoms with van der Waals surface area (Å²) in [5.41, 5.74) is 1.04. The van der Waals surface area contributed by atoms with Gasteiger partial charge in [-0.05, 0) is 37.6 Å². The average Bonchev–Trinajstić information content (AvgIpc) is 3.18. The van der Waals surface area contributed by atoms with Gasteiger partial charge in [-0.25, -0.2) is 4.98 Å². The quantitative estimate of drug-likeness (QED) is 0.823. The van der Waals surface area contributed by atoms with E-state index in [0.717, 1.165) is 30.7 Å². The number of imidazole rings is 1. The average molecular weight is 302 g/mol. The molecule has 5 nitrogen and oxygen atoms in total. The molecule has 0 radical (unpaired) electrons. The molecule has 22 heavy (non-hydrogen) atoms. The molecule has 1 saturated heterocycles. The molecule has 1 fully saturated rings. The fraction of sp³-hybridized carbons (Fsp3) is 0.471. The molecule has 5 heteroatoms. The highest BCUT2D eigenvalue weighted by Crippen LogP contribution is 2.39. The zero-order chi connectivity index (χ0) is 15.4. The third-order valence-electron chi connectivity index (χ3n) is 3.95. The topological polar surface area (TPSA) is 45.5 Å². The summed E-state index contributed by atoms with van der Waals surface area (Å²) in [5.74, 6) is 0.190. The number of hydrogen-bond acceptors (Lipinski definition) is 4. The Balaban J connectivity index is 1.72. The molecule has 118 valence electrons. The van der Waals surface area contributed by atoms with Crippen LogP contribution in [0.3, 0.4) is 0 Å². The van der Waals surface area contributed by atoms with E-state index in [2.05, 4.69) is 9.55 Å². The van der Waals surface area contributed by atoms with E-state index in [1.165, 1.54) is 0 Å². The molecule has 0 saturated carbocycles. The minimum Gasteiger partial charge on any atom is -0.497 e. The fourth-order valence-electron chi connectivity index (χ4n) is 2.83. The minimum atomic E-state index is -0.647. The van der Waals surface area contributed by atoms with Gasteiger partial charge in [0, 0.05) is 30.9 Å². The van der Waals surface area contributed by atoms with Crippen LogP contribution in [0.25, 0.3) is 0 Å². The SMILES string of the molecule is COc1ccc(C2(CCCn3ccnc3)OCC(C)O2)cc1. The van der Waals surface area contributed by atoms with Crippen LogP contribution in [0.15, 0.2) is 43.0 Å². The molecule has 1 aliphatic heterocycles. The van der Waals surface area contributed by atoms with Gasteiger partial charge in [-0.15, -0.1) is 0 Å². The lowest BCUT2D eigenvalue weighted by atomic mass is 10.0. The number of methoxy groups -OCH3 is 1. The van der Waals surface area contributed by atoms with Crippen LogP contribution in [-0.2, 0) is 21.8 Å². The molecule has 1 aromatic heterocycles. The second-order valence-corrected chi connectivity index (χ2v) is 5.62. The van der Waals surface area contributed by atoms with Crippen LogP contribution in [0.4, 0.5) is 0 Å². The molecular formula is C17H22N2O3. The molecule has 0 bridgehead atoms. The Morgan fingerprint density at radius 1 is 1.36 bits per heavy atom. The van der Waals surface area contributed by atoms with Gasteiger partial charge in [0.05, 0.1) is 26.1 Å². The van der Waals surface area contributed by atoms with Crippen molar-refractivity contribution in [2.45, 2.75) is 38.2 Å². The monoisotopic (exact) mass is 302 g/mol. The van der Waals surface area contributed by atoms with Gasteiger partial charge in [-0.2, -0.15) is 0 Å². The maximum atomic E-state index is 6.14. The van der Waals surface area contributed by atoms with Gasteiger partial charge in [0.15, 0.2) is 5.79 Å². The van der Waals surface area contributed by atoms with Gasteiger partial charge in [0.25, 0.3) is 0 Å². The van der Waals surface area contributed by atoms with Crippen LogP contribution < -0.4 is 4.74 Å². The Kier molecular flexibility index (Phi) is 4.45. The summed E-state index contributed by atoms with van der Waals surface area (Å²) >= 11 is 0. The van der Waals surface area contributed by atoms with Crippen LogP contribution in [0.1, 0.15) is 25.3 Å². The van der Waals surface area contributed by atoms with Gasteiger partial charge < -0.3 is 18.8 Å². The number of benzene rings is 1. The van der Waals surface area contributed by atoms with Crippen molar-refractivity contribution >= 4 is 0 Å². The summed E-state index contributed by atoms with van der Waals surface area (Å²) in [6.45, 7) is 3.57. The highest BCUT2D eigenvalue weighted by Gasteiger charge is 2.41. The summed E-state index contributed by atoms with van der Waals surface area (Å²) in [6, 6.07) is 7.94. The van der Waals surface area contributed by atoms with Crippen molar-refractivity contribution in [3.05, 3.63) is 48.5 Å². The number of ether oxygens (including phenoxy) is 3. The zero-order valence-electron chi connectivity index (χ0n) is 13.1. The first-order chi connectivity index (χ1) is 10.7. The van der Waals surface area contributed by atoms with E-state index in [1.54, 1.807) is 13.3 Å². The van der Waals surface area contributed by atoms with Gasteiger partial charge in [-0.1, -0.05) is 0 Å². The Morgan fingerprint density at radius 3 is 2.77 bits per heavy atom. The number of aryl methyl sites for hydroxylation is 1. The zero-order valence-corrected chi connectivity index (χ0v) is 13.1. The van der Waals surface area contributed by atoms with Crippen molar-refractivity contribution in [1.29, 1.82) is 0 Å². The third kappa shape index (κ3) is 3.15. The molecule has 2 aromatic rings. The molecule has 1 aromatic carbocycles. The van der Waals surface area contributed by atoms with E-state index in [9.17, 15) is 0 Å². The van der Waals surface area contributed by atoms with Crippen molar-refractivity contribution in [2.24, 2.45) is 0 Å². The predicted octanol–water partition coefficient (Wildman–Crippen LogP) is 2.96. The second-order valence-electron chi connectivity index (χ2n) is 5.62. The lowest BCUT2D eigenvalue weighted by Crippen LogP contribution is -2.28.